The van der Waals surface area contributed by atoms with E-state index < -0.39 is 0 Å². The standard InChI is InChI=1S/C24H29N5O2/c1-2-19-7-3-4-8-20(19)26-23(30)17-27-13-15-28(16-14-27)24(31)11-12-29-18-25-21-9-5-6-10-22(21)29/h3-10,18H,2,11-17H2,1H3,(H,26,30). The van der Waals surface area contributed by atoms with Gasteiger partial charge < -0.3 is 14.8 Å². The third kappa shape index (κ3) is 5.11. The molecule has 7 heteroatoms. The summed E-state index contributed by atoms with van der Waals surface area (Å²) in [6.07, 6.45) is 3.13. The van der Waals surface area contributed by atoms with Gasteiger partial charge in [0.05, 0.1) is 23.9 Å². The molecule has 2 heterocycles. The van der Waals surface area contributed by atoms with E-state index in [1.165, 1.54) is 0 Å². The molecule has 1 saturated heterocycles. The fourth-order valence-corrected chi connectivity index (χ4v) is 4.06. The van der Waals surface area contributed by atoms with Crippen LogP contribution in [-0.4, -0.2) is 63.9 Å². The summed E-state index contributed by atoms with van der Waals surface area (Å²) >= 11 is 0. The molecule has 1 aromatic heterocycles. The summed E-state index contributed by atoms with van der Waals surface area (Å²) in [5, 5.41) is 3.02. The number of aromatic nitrogens is 2. The molecule has 4 rings (SSSR count). The molecular formula is C24H29N5O2. The summed E-state index contributed by atoms with van der Waals surface area (Å²) < 4.78 is 2.03. The predicted molar refractivity (Wildman–Crippen MR) is 122 cm³/mol. The van der Waals surface area contributed by atoms with Crippen molar-refractivity contribution in [2.75, 3.05) is 38.0 Å². The topological polar surface area (TPSA) is 70.5 Å². The number of rotatable bonds is 7. The molecule has 0 aliphatic carbocycles. The van der Waals surface area contributed by atoms with Crippen LogP contribution >= 0.6 is 0 Å². The lowest BCUT2D eigenvalue weighted by molar-refractivity contribution is -0.133. The molecule has 2 aromatic carbocycles. The van der Waals surface area contributed by atoms with E-state index in [0.29, 0.717) is 45.7 Å². The first-order valence-electron chi connectivity index (χ1n) is 10.9. The average molecular weight is 420 g/mol. The number of nitrogens with one attached hydrogen (secondary N) is 1. The van der Waals surface area contributed by atoms with Crippen molar-refractivity contribution in [3.63, 3.8) is 0 Å². The zero-order valence-electron chi connectivity index (χ0n) is 18.0. The highest BCUT2D eigenvalue weighted by molar-refractivity contribution is 5.93. The van der Waals surface area contributed by atoms with Crippen LogP contribution in [0.15, 0.2) is 54.9 Å². The number of imidazole rings is 1. The summed E-state index contributed by atoms with van der Waals surface area (Å²) in [5.41, 5.74) is 4.02. The minimum Gasteiger partial charge on any atom is -0.340 e. The van der Waals surface area contributed by atoms with Crippen LogP contribution in [0.4, 0.5) is 5.69 Å². The Hall–Kier alpha value is -3.19. The molecule has 1 fully saturated rings. The van der Waals surface area contributed by atoms with Gasteiger partial charge in [-0.2, -0.15) is 0 Å². The highest BCUT2D eigenvalue weighted by atomic mass is 16.2. The van der Waals surface area contributed by atoms with Gasteiger partial charge in [-0.15, -0.1) is 0 Å². The predicted octanol–water partition coefficient (Wildman–Crippen LogP) is 2.77. The van der Waals surface area contributed by atoms with Crippen LogP contribution in [0.2, 0.25) is 0 Å². The lowest BCUT2D eigenvalue weighted by Gasteiger charge is -2.34. The van der Waals surface area contributed by atoms with Crippen molar-refractivity contribution < 1.29 is 9.59 Å². The molecule has 0 spiro atoms. The van der Waals surface area contributed by atoms with Crippen molar-refractivity contribution in [3.8, 4) is 0 Å². The molecule has 0 bridgehead atoms. The molecule has 1 N–H and O–H groups in total. The van der Waals surface area contributed by atoms with Gasteiger partial charge in [0, 0.05) is 44.8 Å². The van der Waals surface area contributed by atoms with Gasteiger partial charge in [-0.1, -0.05) is 37.3 Å². The van der Waals surface area contributed by atoms with Gasteiger partial charge in [-0.25, -0.2) is 4.98 Å². The van der Waals surface area contributed by atoms with Gasteiger partial charge >= 0.3 is 0 Å². The molecule has 0 unspecified atom stereocenters. The Balaban J connectivity index is 1.22. The first-order valence-corrected chi connectivity index (χ1v) is 10.9. The van der Waals surface area contributed by atoms with Gasteiger partial charge in [0.1, 0.15) is 0 Å². The first kappa shape index (κ1) is 21.1. The van der Waals surface area contributed by atoms with Crippen molar-refractivity contribution in [1.29, 1.82) is 0 Å². The number of carbonyl (C=O) groups is 2. The smallest absolute Gasteiger partial charge is 0.238 e. The van der Waals surface area contributed by atoms with Crippen molar-refractivity contribution >= 4 is 28.5 Å². The molecule has 162 valence electrons. The van der Waals surface area contributed by atoms with Crippen LogP contribution in [0.25, 0.3) is 11.0 Å². The second kappa shape index (κ2) is 9.75. The number of piperazine rings is 1. The Labute approximate surface area is 182 Å². The molecule has 3 aromatic rings. The van der Waals surface area contributed by atoms with Crippen LogP contribution in [0, 0.1) is 0 Å². The summed E-state index contributed by atoms with van der Waals surface area (Å²) in [4.78, 5) is 33.5. The van der Waals surface area contributed by atoms with Crippen molar-refractivity contribution in [3.05, 3.63) is 60.4 Å². The van der Waals surface area contributed by atoms with E-state index in [2.05, 4.69) is 22.1 Å². The van der Waals surface area contributed by atoms with Gasteiger partial charge in [0.15, 0.2) is 0 Å². The minimum atomic E-state index is -0.00679. The van der Waals surface area contributed by atoms with E-state index in [1.54, 1.807) is 6.33 Å². The second-order valence-corrected chi connectivity index (χ2v) is 7.89. The molecule has 1 aliphatic heterocycles. The van der Waals surface area contributed by atoms with Crippen LogP contribution in [0.3, 0.4) is 0 Å². The molecule has 2 amide bonds. The number of benzene rings is 2. The van der Waals surface area contributed by atoms with E-state index in [4.69, 9.17) is 0 Å². The maximum absolute atomic E-state index is 12.7. The Morgan fingerprint density at radius 3 is 2.55 bits per heavy atom. The Kier molecular flexibility index (Phi) is 6.62. The zero-order chi connectivity index (χ0) is 21.6. The maximum atomic E-state index is 12.7. The molecule has 31 heavy (non-hydrogen) atoms. The number of anilines is 1. The lowest BCUT2D eigenvalue weighted by Crippen LogP contribution is -2.50. The number of hydrogen-bond donors (Lipinski definition) is 1. The van der Waals surface area contributed by atoms with Crippen molar-refractivity contribution in [1.82, 2.24) is 19.4 Å². The third-order valence-corrected chi connectivity index (χ3v) is 5.86. The quantitative estimate of drug-likeness (QED) is 0.639. The molecule has 0 radical (unpaired) electrons. The lowest BCUT2D eigenvalue weighted by atomic mass is 10.1. The highest BCUT2D eigenvalue weighted by Crippen LogP contribution is 2.16. The summed E-state index contributed by atoms with van der Waals surface area (Å²) in [6, 6.07) is 15.8. The number of carbonyl (C=O) groups excluding carboxylic acids is 2. The van der Waals surface area contributed by atoms with Gasteiger partial charge in [0.25, 0.3) is 0 Å². The van der Waals surface area contributed by atoms with E-state index in [1.807, 2.05) is 58.0 Å². The van der Waals surface area contributed by atoms with Crippen LogP contribution in [0.1, 0.15) is 18.9 Å². The van der Waals surface area contributed by atoms with Crippen LogP contribution in [0.5, 0.6) is 0 Å². The Bertz CT molecular complexity index is 1050. The average Bonchev–Trinajstić information content (AvgIpc) is 3.21. The first-order chi connectivity index (χ1) is 15.1. The Morgan fingerprint density at radius 2 is 1.74 bits per heavy atom. The second-order valence-electron chi connectivity index (χ2n) is 7.89. The third-order valence-electron chi connectivity index (χ3n) is 5.86. The SMILES string of the molecule is CCc1ccccc1NC(=O)CN1CCN(C(=O)CCn2cnc3ccccc32)CC1. The van der Waals surface area contributed by atoms with E-state index in [-0.39, 0.29) is 11.8 Å². The monoisotopic (exact) mass is 419 g/mol. The number of amides is 2. The van der Waals surface area contributed by atoms with E-state index in [9.17, 15) is 9.59 Å². The molecular weight excluding hydrogens is 390 g/mol. The Morgan fingerprint density at radius 1 is 1.00 bits per heavy atom. The molecule has 0 saturated carbocycles. The summed E-state index contributed by atoms with van der Waals surface area (Å²) in [5.74, 6) is 0.145. The van der Waals surface area contributed by atoms with Gasteiger partial charge in [-0.3, -0.25) is 14.5 Å². The number of hydrogen-bond acceptors (Lipinski definition) is 4. The number of fused-ring (bicyclic) bond motifs is 1. The van der Waals surface area contributed by atoms with Crippen LogP contribution < -0.4 is 5.32 Å². The van der Waals surface area contributed by atoms with Crippen molar-refractivity contribution in [2.45, 2.75) is 26.3 Å². The van der Waals surface area contributed by atoms with E-state index >= 15 is 0 Å². The maximum Gasteiger partial charge on any atom is 0.238 e. The molecule has 1 aliphatic rings. The van der Waals surface area contributed by atoms with Gasteiger partial charge in [-0.05, 0) is 30.2 Å². The minimum absolute atomic E-state index is 0.00679. The fraction of sp³-hybridized carbons (Fsp3) is 0.375. The highest BCUT2D eigenvalue weighted by Gasteiger charge is 2.22. The molecule has 7 nitrogen and oxygen atoms in total. The largest absolute Gasteiger partial charge is 0.340 e. The van der Waals surface area contributed by atoms with Crippen LogP contribution in [-0.2, 0) is 22.6 Å². The summed E-state index contributed by atoms with van der Waals surface area (Å²) in [6.45, 7) is 5.78. The normalized spacial score (nSPS) is 14.7. The number of nitrogens with zero attached hydrogens (tertiary/aromatic N) is 4. The number of para-hydroxylation sites is 3. The van der Waals surface area contributed by atoms with Crippen molar-refractivity contribution in [2.24, 2.45) is 0 Å². The van der Waals surface area contributed by atoms with Gasteiger partial charge in [0.2, 0.25) is 11.8 Å². The number of aryl methyl sites for hydroxylation is 2. The van der Waals surface area contributed by atoms with E-state index in [0.717, 1.165) is 28.7 Å². The zero-order valence-corrected chi connectivity index (χ0v) is 18.0. The fourth-order valence-electron chi connectivity index (χ4n) is 4.06. The molecule has 0 atom stereocenters. The summed E-state index contributed by atoms with van der Waals surface area (Å²) in [7, 11) is 0.